The normalized spacial score (nSPS) is 25.3. The molecule has 0 bridgehead atoms. The van der Waals surface area contributed by atoms with Crippen LogP contribution in [0.25, 0.3) is 0 Å². The standard InChI is InChI=1S/C18H16F6N4O/c19-11-3-13(21)12(20)2-10(11)16-14(25)1-9(7-29-16)28-5-8-4-26-17(18(22,23)24)27-15(8)6-28/h2-4,9,14,16H,1,5-7,25H2/t9-,14-,16+/m0/s1. The highest BCUT2D eigenvalue weighted by Gasteiger charge is 2.39. The van der Waals surface area contributed by atoms with Crippen molar-refractivity contribution in [3.63, 3.8) is 0 Å². The van der Waals surface area contributed by atoms with E-state index in [2.05, 4.69) is 9.97 Å². The van der Waals surface area contributed by atoms with Crippen LogP contribution >= 0.6 is 0 Å². The second-order valence-electron chi connectivity index (χ2n) is 7.16. The van der Waals surface area contributed by atoms with E-state index >= 15 is 0 Å². The van der Waals surface area contributed by atoms with E-state index in [1.54, 1.807) is 0 Å². The lowest BCUT2D eigenvalue weighted by Crippen LogP contribution is -2.47. The number of fused-ring (bicyclic) bond motifs is 1. The Morgan fingerprint density at radius 3 is 2.48 bits per heavy atom. The van der Waals surface area contributed by atoms with Gasteiger partial charge in [-0.2, -0.15) is 13.2 Å². The molecule has 2 aliphatic rings. The number of nitrogens with two attached hydrogens (primary N) is 1. The number of ether oxygens (including phenoxy) is 1. The number of halogens is 6. The molecule has 3 atom stereocenters. The first kappa shape index (κ1) is 20.0. The average Bonchev–Trinajstić information content (AvgIpc) is 3.07. The minimum Gasteiger partial charge on any atom is -0.370 e. The van der Waals surface area contributed by atoms with E-state index in [-0.39, 0.29) is 30.5 Å². The van der Waals surface area contributed by atoms with Crippen LogP contribution in [0.1, 0.15) is 35.2 Å². The summed E-state index contributed by atoms with van der Waals surface area (Å²) < 4.78 is 84.7. The fraction of sp³-hybridized carbons (Fsp3) is 0.444. The van der Waals surface area contributed by atoms with E-state index in [0.717, 1.165) is 12.3 Å². The molecule has 2 aromatic rings. The molecule has 156 valence electrons. The lowest BCUT2D eigenvalue weighted by Gasteiger charge is -2.38. The molecule has 1 saturated heterocycles. The third kappa shape index (κ3) is 3.81. The zero-order valence-electron chi connectivity index (χ0n) is 14.9. The van der Waals surface area contributed by atoms with Gasteiger partial charge >= 0.3 is 6.18 Å². The number of hydrogen-bond acceptors (Lipinski definition) is 5. The van der Waals surface area contributed by atoms with Crippen molar-refractivity contribution in [1.82, 2.24) is 14.9 Å². The summed E-state index contributed by atoms with van der Waals surface area (Å²) in [5, 5.41) is 0. The van der Waals surface area contributed by atoms with Crippen LogP contribution in [-0.4, -0.2) is 33.6 Å². The van der Waals surface area contributed by atoms with E-state index in [9.17, 15) is 26.3 Å². The topological polar surface area (TPSA) is 64.3 Å². The summed E-state index contributed by atoms with van der Waals surface area (Å²) >= 11 is 0. The van der Waals surface area contributed by atoms with Crippen molar-refractivity contribution in [3.05, 3.63) is 58.4 Å². The summed E-state index contributed by atoms with van der Waals surface area (Å²) in [4.78, 5) is 8.83. The van der Waals surface area contributed by atoms with Crippen LogP contribution in [-0.2, 0) is 24.0 Å². The second-order valence-corrected chi connectivity index (χ2v) is 7.16. The van der Waals surface area contributed by atoms with E-state index in [1.807, 2.05) is 4.90 Å². The molecule has 4 rings (SSSR count). The number of hydrogen-bond donors (Lipinski definition) is 1. The maximum atomic E-state index is 14.0. The molecule has 1 aromatic carbocycles. The first-order valence-electron chi connectivity index (χ1n) is 8.81. The fourth-order valence-corrected chi connectivity index (χ4v) is 3.75. The first-order valence-corrected chi connectivity index (χ1v) is 8.81. The molecule has 0 unspecified atom stereocenters. The fourth-order valence-electron chi connectivity index (χ4n) is 3.75. The van der Waals surface area contributed by atoms with Crippen molar-refractivity contribution in [2.24, 2.45) is 5.73 Å². The summed E-state index contributed by atoms with van der Waals surface area (Å²) in [5.41, 5.74) is 6.80. The predicted octanol–water partition coefficient (Wildman–Crippen LogP) is 3.09. The molecule has 11 heteroatoms. The minimum atomic E-state index is -4.62. The van der Waals surface area contributed by atoms with Crippen LogP contribution in [0.15, 0.2) is 18.3 Å². The zero-order chi connectivity index (χ0) is 20.9. The Labute approximate surface area is 161 Å². The molecule has 0 saturated carbocycles. The molecule has 0 spiro atoms. The summed E-state index contributed by atoms with van der Waals surface area (Å²) in [5.74, 6) is -4.65. The Bertz CT molecular complexity index is 937. The average molecular weight is 418 g/mol. The van der Waals surface area contributed by atoms with Crippen LogP contribution in [0, 0.1) is 17.5 Å². The molecule has 0 aliphatic carbocycles. The lowest BCUT2D eigenvalue weighted by molar-refractivity contribution is -0.145. The molecule has 0 radical (unpaired) electrons. The maximum Gasteiger partial charge on any atom is 0.451 e. The number of benzene rings is 1. The number of alkyl halides is 3. The Morgan fingerprint density at radius 2 is 1.79 bits per heavy atom. The third-order valence-corrected chi connectivity index (χ3v) is 5.20. The lowest BCUT2D eigenvalue weighted by atomic mass is 9.93. The highest BCUT2D eigenvalue weighted by molar-refractivity contribution is 5.25. The van der Waals surface area contributed by atoms with Gasteiger partial charge in [0.25, 0.3) is 0 Å². The van der Waals surface area contributed by atoms with Crippen molar-refractivity contribution in [2.45, 2.75) is 43.9 Å². The summed E-state index contributed by atoms with van der Waals surface area (Å²) in [6, 6.07) is 0.211. The molecule has 2 aliphatic heterocycles. The quantitative estimate of drug-likeness (QED) is 0.600. The van der Waals surface area contributed by atoms with Crippen LogP contribution in [0.3, 0.4) is 0 Å². The van der Waals surface area contributed by atoms with Crippen molar-refractivity contribution in [1.29, 1.82) is 0 Å². The summed E-state index contributed by atoms with van der Waals surface area (Å²) in [6.07, 6.45) is -4.09. The van der Waals surface area contributed by atoms with Crippen LogP contribution in [0.4, 0.5) is 26.3 Å². The predicted molar refractivity (Wildman–Crippen MR) is 87.7 cm³/mol. The van der Waals surface area contributed by atoms with Gasteiger partial charge in [0.05, 0.1) is 12.3 Å². The van der Waals surface area contributed by atoms with Gasteiger partial charge in [-0.15, -0.1) is 0 Å². The molecule has 1 aromatic heterocycles. The van der Waals surface area contributed by atoms with E-state index < -0.39 is 41.6 Å². The van der Waals surface area contributed by atoms with E-state index in [0.29, 0.717) is 24.6 Å². The van der Waals surface area contributed by atoms with E-state index in [1.165, 1.54) is 0 Å². The molecule has 29 heavy (non-hydrogen) atoms. The van der Waals surface area contributed by atoms with Gasteiger partial charge in [0.15, 0.2) is 11.6 Å². The Morgan fingerprint density at radius 1 is 1.07 bits per heavy atom. The Kier molecular flexibility index (Phi) is 4.99. The third-order valence-electron chi connectivity index (χ3n) is 5.20. The summed E-state index contributed by atoms with van der Waals surface area (Å²) in [7, 11) is 0. The highest BCUT2D eigenvalue weighted by atomic mass is 19.4. The smallest absolute Gasteiger partial charge is 0.370 e. The molecule has 5 nitrogen and oxygen atoms in total. The number of aromatic nitrogens is 2. The number of nitrogens with zero attached hydrogens (tertiary/aromatic N) is 3. The molecular formula is C18H16F6N4O. The van der Waals surface area contributed by atoms with Gasteiger partial charge in [-0.3, -0.25) is 4.90 Å². The Hall–Kier alpha value is -2.24. The van der Waals surface area contributed by atoms with Crippen molar-refractivity contribution in [2.75, 3.05) is 6.61 Å². The van der Waals surface area contributed by atoms with Gasteiger partial charge in [0, 0.05) is 48.6 Å². The van der Waals surface area contributed by atoms with Gasteiger partial charge in [0.2, 0.25) is 5.82 Å². The van der Waals surface area contributed by atoms with E-state index in [4.69, 9.17) is 10.5 Å². The highest BCUT2D eigenvalue weighted by Crippen LogP contribution is 2.35. The van der Waals surface area contributed by atoms with Gasteiger partial charge < -0.3 is 10.5 Å². The molecule has 1 fully saturated rings. The monoisotopic (exact) mass is 418 g/mol. The molecule has 2 N–H and O–H groups in total. The maximum absolute atomic E-state index is 14.0. The second kappa shape index (κ2) is 7.22. The van der Waals surface area contributed by atoms with Crippen LogP contribution in [0.5, 0.6) is 0 Å². The van der Waals surface area contributed by atoms with Gasteiger partial charge in [-0.1, -0.05) is 0 Å². The largest absolute Gasteiger partial charge is 0.451 e. The molecule has 3 heterocycles. The van der Waals surface area contributed by atoms with Crippen molar-refractivity contribution < 1.29 is 31.1 Å². The summed E-state index contributed by atoms with van der Waals surface area (Å²) in [6.45, 7) is 0.606. The van der Waals surface area contributed by atoms with Crippen LogP contribution < -0.4 is 5.73 Å². The van der Waals surface area contributed by atoms with Gasteiger partial charge in [-0.25, -0.2) is 23.1 Å². The molecule has 0 amide bonds. The van der Waals surface area contributed by atoms with Gasteiger partial charge in [-0.05, 0) is 12.5 Å². The van der Waals surface area contributed by atoms with Crippen LogP contribution in [0.2, 0.25) is 0 Å². The Balaban J connectivity index is 1.46. The minimum absolute atomic E-state index is 0.102. The first-order chi connectivity index (χ1) is 13.6. The SMILES string of the molecule is N[C@H]1C[C@H](N2Cc3cnc(C(F)(F)F)nc3C2)CO[C@@H]1c1cc(F)c(F)cc1F. The van der Waals surface area contributed by atoms with Gasteiger partial charge in [0.1, 0.15) is 11.9 Å². The van der Waals surface area contributed by atoms with Crippen molar-refractivity contribution >= 4 is 0 Å². The number of rotatable bonds is 2. The zero-order valence-corrected chi connectivity index (χ0v) is 14.9. The van der Waals surface area contributed by atoms with Crippen molar-refractivity contribution in [3.8, 4) is 0 Å². The molecular weight excluding hydrogens is 402 g/mol.